The number of esters is 1. The number of ether oxygens (including phenoxy) is 1. The van der Waals surface area contributed by atoms with Crippen LogP contribution in [0.3, 0.4) is 0 Å². The molecule has 0 rings (SSSR count). The van der Waals surface area contributed by atoms with E-state index in [1.165, 1.54) is 0 Å². The number of aliphatic hydroxyl groups is 1. The van der Waals surface area contributed by atoms with Crippen LogP contribution in [-0.2, 0) is 9.53 Å². The Kier molecular flexibility index (Phi) is 3.94. The zero-order valence-electron chi connectivity index (χ0n) is 4.91. The topological polar surface area (TPSA) is 98.6 Å². The van der Waals surface area contributed by atoms with Gasteiger partial charge in [-0.3, -0.25) is 4.79 Å². The zero-order chi connectivity index (χ0) is 7.28. The molecule has 0 spiro atoms. The molecule has 0 aromatic heterocycles. The molecule has 0 saturated heterocycles. The molecule has 5 heteroatoms. The maximum Gasteiger partial charge on any atom is 0.319 e. The molecule has 0 aliphatic carbocycles. The maximum atomic E-state index is 10.2. The Morgan fingerprint density at radius 2 is 2.33 bits per heavy atom. The van der Waals surface area contributed by atoms with Crippen LogP contribution in [-0.4, -0.2) is 30.5 Å². The van der Waals surface area contributed by atoms with Crippen molar-refractivity contribution in [3.8, 4) is 0 Å². The van der Waals surface area contributed by atoms with E-state index in [1.54, 1.807) is 0 Å². The van der Waals surface area contributed by atoms with Gasteiger partial charge in [0.25, 0.3) is 0 Å². The molecule has 0 fully saturated rings. The summed E-state index contributed by atoms with van der Waals surface area (Å²) in [7, 11) is 0. The molecule has 1 unspecified atom stereocenters. The van der Waals surface area contributed by atoms with Gasteiger partial charge in [0.05, 0.1) is 6.54 Å². The summed E-state index contributed by atoms with van der Waals surface area (Å²) in [6.07, 6.45) is -1.11. The van der Waals surface area contributed by atoms with Gasteiger partial charge in [-0.05, 0) is 0 Å². The molecular formula is C4H10N2O3. The largest absolute Gasteiger partial charge is 0.461 e. The fraction of sp³-hybridized carbons (Fsp3) is 0.750. The minimum atomic E-state index is -1.11. The van der Waals surface area contributed by atoms with Crippen LogP contribution in [0.4, 0.5) is 0 Å². The second kappa shape index (κ2) is 4.25. The van der Waals surface area contributed by atoms with Gasteiger partial charge < -0.3 is 21.3 Å². The fourth-order valence-electron chi connectivity index (χ4n) is 0.237. The van der Waals surface area contributed by atoms with Crippen molar-refractivity contribution < 1.29 is 14.6 Å². The summed E-state index contributed by atoms with van der Waals surface area (Å²) in [6.45, 7) is -0.386. The summed E-state index contributed by atoms with van der Waals surface area (Å²) in [4.78, 5) is 10.2. The maximum absolute atomic E-state index is 10.2. The molecule has 0 heterocycles. The van der Waals surface area contributed by atoms with E-state index in [-0.39, 0.29) is 13.2 Å². The molecule has 0 aromatic rings. The number of rotatable bonds is 3. The van der Waals surface area contributed by atoms with Gasteiger partial charge in [-0.25, -0.2) is 0 Å². The first-order valence-electron chi connectivity index (χ1n) is 2.46. The Labute approximate surface area is 52.6 Å². The molecule has 5 nitrogen and oxygen atoms in total. The number of nitrogens with two attached hydrogens (primary N) is 2. The lowest BCUT2D eigenvalue weighted by Crippen LogP contribution is -2.29. The SMILES string of the molecule is NCC(=O)OCC(N)O. The molecule has 1 atom stereocenters. The first-order valence-corrected chi connectivity index (χ1v) is 2.46. The number of aliphatic hydroxyl groups excluding tert-OH is 1. The van der Waals surface area contributed by atoms with Crippen LogP contribution in [0, 0.1) is 0 Å². The van der Waals surface area contributed by atoms with Gasteiger partial charge in [0.1, 0.15) is 12.8 Å². The van der Waals surface area contributed by atoms with Crippen molar-refractivity contribution in [1.82, 2.24) is 0 Å². The molecule has 54 valence electrons. The molecule has 5 N–H and O–H groups in total. The number of hydrogen-bond donors (Lipinski definition) is 3. The predicted molar refractivity (Wildman–Crippen MR) is 30.2 cm³/mol. The van der Waals surface area contributed by atoms with E-state index in [2.05, 4.69) is 4.74 Å². The number of carbonyl (C=O) groups excluding carboxylic acids is 1. The molecule has 0 aliphatic rings. The summed E-state index contributed by atoms with van der Waals surface area (Å²) >= 11 is 0. The molecule has 0 aromatic carbocycles. The fourth-order valence-corrected chi connectivity index (χ4v) is 0.237. The summed E-state index contributed by atoms with van der Waals surface area (Å²) in [5, 5.41) is 8.36. The standard InChI is InChI=1S/C4H10N2O3/c5-1-4(8)9-2-3(6)7/h3,7H,1-2,5-6H2. The summed E-state index contributed by atoms with van der Waals surface area (Å²) < 4.78 is 4.31. The van der Waals surface area contributed by atoms with Gasteiger partial charge in [0.15, 0.2) is 0 Å². The molecule has 0 radical (unpaired) electrons. The first-order chi connectivity index (χ1) is 4.16. The number of hydrogen-bond acceptors (Lipinski definition) is 5. The third kappa shape index (κ3) is 5.22. The summed E-state index contributed by atoms with van der Waals surface area (Å²) in [6, 6.07) is 0. The normalized spacial score (nSPS) is 12.8. The average molecular weight is 134 g/mol. The van der Waals surface area contributed by atoms with Crippen molar-refractivity contribution in [1.29, 1.82) is 0 Å². The van der Waals surface area contributed by atoms with Crippen molar-refractivity contribution in [2.75, 3.05) is 13.2 Å². The quantitative estimate of drug-likeness (QED) is 0.299. The molecule has 0 bridgehead atoms. The minimum absolute atomic E-state index is 0.188. The minimum Gasteiger partial charge on any atom is -0.461 e. The second-order valence-corrected chi connectivity index (χ2v) is 1.45. The van der Waals surface area contributed by atoms with Crippen LogP contribution in [0.15, 0.2) is 0 Å². The highest BCUT2D eigenvalue weighted by molar-refractivity contribution is 5.71. The van der Waals surface area contributed by atoms with Gasteiger partial charge in [-0.15, -0.1) is 0 Å². The summed E-state index contributed by atoms with van der Waals surface area (Å²) in [5.41, 5.74) is 9.69. The smallest absolute Gasteiger partial charge is 0.319 e. The van der Waals surface area contributed by atoms with Gasteiger partial charge >= 0.3 is 5.97 Å². The van der Waals surface area contributed by atoms with Crippen LogP contribution in [0.5, 0.6) is 0 Å². The highest BCUT2D eigenvalue weighted by Crippen LogP contribution is 1.76. The Hall–Kier alpha value is -0.650. The van der Waals surface area contributed by atoms with Crippen LogP contribution in [0.25, 0.3) is 0 Å². The zero-order valence-corrected chi connectivity index (χ0v) is 4.91. The van der Waals surface area contributed by atoms with Crippen LogP contribution in [0.1, 0.15) is 0 Å². The lowest BCUT2D eigenvalue weighted by Gasteiger charge is -2.03. The lowest BCUT2D eigenvalue weighted by molar-refractivity contribution is -0.144. The van der Waals surface area contributed by atoms with E-state index in [4.69, 9.17) is 16.6 Å². The van der Waals surface area contributed by atoms with Crippen LogP contribution >= 0.6 is 0 Å². The average Bonchev–Trinajstić information content (AvgIpc) is 1.83. The molecular weight excluding hydrogens is 124 g/mol. The Morgan fingerprint density at radius 1 is 1.78 bits per heavy atom. The highest BCUT2D eigenvalue weighted by atomic mass is 16.5. The molecule has 0 amide bonds. The highest BCUT2D eigenvalue weighted by Gasteiger charge is 2.00. The van der Waals surface area contributed by atoms with Gasteiger partial charge in [0.2, 0.25) is 0 Å². The Balaban J connectivity index is 3.17. The van der Waals surface area contributed by atoms with Crippen molar-refractivity contribution in [3.63, 3.8) is 0 Å². The van der Waals surface area contributed by atoms with Crippen LogP contribution < -0.4 is 11.5 Å². The second-order valence-electron chi connectivity index (χ2n) is 1.45. The van der Waals surface area contributed by atoms with E-state index in [0.717, 1.165) is 0 Å². The Bertz CT molecular complexity index is 93.8. The van der Waals surface area contributed by atoms with E-state index in [0.29, 0.717) is 0 Å². The molecule has 0 saturated carbocycles. The monoisotopic (exact) mass is 134 g/mol. The molecule has 9 heavy (non-hydrogen) atoms. The van der Waals surface area contributed by atoms with E-state index in [1.807, 2.05) is 0 Å². The van der Waals surface area contributed by atoms with Crippen LogP contribution in [0.2, 0.25) is 0 Å². The van der Waals surface area contributed by atoms with E-state index >= 15 is 0 Å². The van der Waals surface area contributed by atoms with Gasteiger partial charge in [-0.2, -0.15) is 0 Å². The molecule has 0 aliphatic heterocycles. The van der Waals surface area contributed by atoms with Crippen molar-refractivity contribution in [2.24, 2.45) is 11.5 Å². The summed E-state index contributed by atoms with van der Waals surface area (Å²) in [5.74, 6) is -0.570. The van der Waals surface area contributed by atoms with Crippen molar-refractivity contribution >= 4 is 5.97 Å². The van der Waals surface area contributed by atoms with E-state index in [9.17, 15) is 4.79 Å². The number of carbonyl (C=O) groups is 1. The lowest BCUT2D eigenvalue weighted by atomic mass is 10.6. The van der Waals surface area contributed by atoms with Gasteiger partial charge in [-0.1, -0.05) is 0 Å². The Morgan fingerprint density at radius 3 is 2.67 bits per heavy atom. The van der Waals surface area contributed by atoms with Crippen molar-refractivity contribution in [2.45, 2.75) is 6.23 Å². The third-order valence-corrected chi connectivity index (χ3v) is 0.582. The third-order valence-electron chi connectivity index (χ3n) is 0.582. The van der Waals surface area contributed by atoms with E-state index < -0.39 is 12.2 Å². The van der Waals surface area contributed by atoms with Gasteiger partial charge in [0, 0.05) is 0 Å². The van der Waals surface area contributed by atoms with Crippen molar-refractivity contribution in [3.05, 3.63) is 0 Å². The predicted octanol–water partition coefficient (Wildman–Crippen LogP) is -2.23. The first kappa shape index (κ1) is 8.35.